The van der Waals surface area contributed by atoms with Crippen LogP contribution in [0.1, 0.15) is 12.5 Å². The third-order valence-corrected chi connectivity index (χ3v) is 3.46. The Balaban J connectivity index is 2.11. The molecule has 0 spiro atoms. The van der Waals surface area contributed by atoms with Gasteiger partial charge in [-0.1, -0.05) is 11.6 Å². The van der Waals surface area contributed by atoms with Crippen LogP contribution in [0.2, 0.25) is 5.02 Å². The number of ether oxygens (including phenoxy) is 1. The summed E-state index contributed by atoms with van der Waals surface area (Å²) in [5.41, 5.74) is 4.53. The number of aromatic hydroxyl groups is 1. The van der Waals surface area contributed by atoms with Crippen molar-refractivity contribution in [3.8, 4) is 11.5 Å². The monoisotopic (exact) mass is 368 g/mol. The molecule has 0 aromatic heterocycles. The van der Waals surface area contributed by atoms with E-state index in [1.165, 1.54) is 0 Å². The summed E-state index contributed by atoms with van der Waals surface area (Å²) in [5.74, 6) is 0.500. The van der Waals surface area contributed by atoms with Gasteiger partial charge in [-0.25, -0.2) is 0 Å². The van der Waals surface area contributed by atoms with Crippen molar-refractivity contribution in [1.82, 2.24) is 0 Å². The Morgan fingerprint density at radius 2 is 2.05 bits per heavy atom. The highest BCUT2D eigenvalue weighted by Gasteiger charge is 2.08. The van der Waals surface area contributed by atoms with Gasteiger partial charge in [0.05, 0.1) is 23.0 Å². The van der Waals surface area contributed by atoms with Crippen molar-refractivity contribution in [3.05, 3.63) is 51.5 Å². The fourth-order valence-corrected chi connectivity index (χ4v) is 2.23. The minimum absolute atomic E-state index is 0.0830. The summed E-state index contributed by atoms with van der Waals surface area (Å²) >= 11 is 9.10. The van der Waals surface area contributed by atoms with Crippen molar-refractivity contribution < 1.29 is 9.84 Å². The molecule has 6 heteroatoms. The van der Waals surface area contributed by atoms with E-state index in [9.17, 15) is 5.11 Å². The zero-order valence-electron chi connectivity index (χ0n) is 11.3. The second kappa shape index (κ2) is 7.33. The molecule has 0 aliphatic rings. The van der Waals surface area contributed by atoms with Gasteiger partial charge in [0.15, 0.2) is 11.5 Å². The highest BCUT2D eigenvalue weighted by atomic mass is 79.9. The van der Waals surface area contributed by atoms with E-state index in [4.69, 9.17) is 16.3 Å². The van der Waals surface area contributed by atoms with Crippen molar-refractivity contribution in [1.29, 1.82) is 0 Å². The summed E-state index contributed by atoms with van der Waals surface area (Å²) in [4.78, 5) is 0. The highest BCUT2D eigenvalue weighted by molar-refractivity contribution is 9.10. The fraction of sp³-hybridized carbons (Fsp3) is 0.133. The maximum absolute atomic E-state index is 9.84. The lowest BCUT2D eigenvalue weighted by atomic mass is 10.2. The zero-order valence-corrected chi connectivity index (χ0v) is 13.6. The van der Waals surface area contributed by atoms with E-state index in [1.807, 2.05) is 19.1 Å². The van der Waals surface area contributed by atoms with E-state index in [0.717, 1.165) is 11.3 Å². The molecule has 0 bridgehead atoms. The lowest BCUT2D eigenvalue weighted by Gasteiger charge is -2.08. The van der Waals surface area contributed by atoms with Crippen LogP contribution < -0.4 is 10.2 Å². The molecule has 0 aliphatic heterocycles. The quantitative estimate of drug-likeness (QED) is 0.595. The first kappa shape index (κ1) is 15.7. The van der Waals surface area contributed by atoms with Crippen molar-refractivity contribution in [3.63, 3.8) is 0 Å². The second-order valence-corrected chi connectivity index (χ2v) is 5.45. The molecular formula is C15H14BrClN2O2. The van der Waals surface area contributed by atoms with Crippen LogP contribution in [0.4, 0.5) is 5.69 Å². The Hall–Kier alpha value is -1.72. The van der Waals surface area contributed by atoms with E-state index < -0.39 is 0 Å². The number of halogens is 2. The Labute approximate surface area is 136 Å². The SMILES string of the molecule is CCOc1cc(/C=N/Nc2ccc(Cl)cc2)cc(Br)c1O. The molecule has 0 amide bonds. The largest absolute Gasteiger partial charge is 0.503 e. The number of hydrogen-bond donors (Lipinski definition) is 2. The van der Waals surface area contributed by atoms with Gasteiger partial charge in [0.25, 0.3) is 0 Å². The minimum Gasteiger partial charge on any atom is -0.503 e. The Bertz CT molecular complexity index is 645. The van der Waals surface area contributed by atoms with Gasteiger partial charge >= 0.3 is 0 Å². The van der Waals surface area contributed by atoms with Gasteiger partial charge in [-0.15, -0.1) is 0 Å². The summed E-state index contributed by atoms with van der Waals surface area (Å²) in [7, 11) is 0. The molecular weight excluding hydrogens is 356 g/mol. The molecule has 0 heterocycles. The van der Waals surface area contributed by atoms with E-state index >= 15 is 0 Å². The maximum atomic E-state index is 9.84. The molecule has 2 rings (SSSR count). The minimum atomic E-state index is 0.0830. The molecule has 4 nitrogen and oxygen atoms in total. The third kappa shape index (κ3) is 4.37. The molecule has 0 radical (unpaired) electrons. The molecule has 110 valence electrons. The van der Waals surface area contributed by atoms with E-state index in [2.05, 4.69) is 26.5 Å². The number of hydrogen-bond acceptors (Lipinski definition) is 4. The van der Waals surface area contributed by atoms with E-state index in [-0.39, 0.29) is 5.75 Å². The highest BCUT2D eigenvalue weighted by Crippen LogP contribution is 2.35. The summed E-state index contributed by atoms with van der Waals surface area (Å²) in [6.07, 6.45) is 1.64. The molecule has 0 saturated heterocycles. The molecule has 0 fully saturated rings. The maximum Gasteiger partial charge on any atom is 0.172 e. The first-order chi connectivity index (χ1) is 10.1. The van der Waals surface area contributed by atoms with Gasteiger partial charge in [0, 0.05) is 5.02 Å². The van der Waals surface area contributed by atoms with Crippen molar-refractivity contribution in [2.24, 2.45) is 5.10 Å². The van der Waals surface area contributed by atoms with E-state index in [0.29, 0.717) is 21.9 Å². The van der Waals surface area contributed by atoms with Crippen LogP contribution in [0.5, 0.6) is 11.5 Å². The number of rotatable bonds is 5. The van der Waals surface area contributed by atoms with Gasteiger partial charge in [-0.05, 0) is 64.8 Å². The number of nitrogens with one attached hydrogen (secondary N) is 1. The lowest BCUT2D eigenvalue weighted by Crippen LogP contribution is -1.95. The summed E-state index contributed by atoms with van der Waals surface area (Å²) in [6, 6.07) is 10.7. The molecule has 21 heavy (non-hydrogen) atoms. The average molecular weight is 370 g/mol. The number of nitrogens with zero attached hydrogens (tertiary/aromatic N) is 1. The molecule has 0 unspecified atom stereocenters. The summed E-state index contributed by atoms with van der Waals surface area (Å²) in [6.45, 7) is 2.33. The molecule has 0 aliphatic carbocycles. The van der Waals surface area contributed by atoms with Gasteiger partial charge in [-0.3, -0.25) is 5.43 Å². The third-order valence-electron chi connectivity index (χ3n) is 2.60. The number of anilines is 1. The Kier molecular flexibility index (Phi) is 5.47. The van der Waals surface area contributed by atoms with Crippen molar-refractivity contribution >= 4 is 39.4 Å². The van der Waals surface area contributed by atoms with E-state index in [1.54, 1.807) is 30.5 Å². The predicted molar refractivity (Wildman–Crippen MR) is 89.6 cm³/mol. The van der Waals surface area contributed by atoms with Crippen LogP contribution in [0.3, 0.4) is 0 Å². The summed E-state index contributed by atoms with van der Waals surface area (Å²) in [5, 5.41) is 14.6. The Morgan fingerprint density at radius 3 is 2.71 bits per heavy atom. The topological polar surface area (TPSA) is 53.8 Å². The normalized spacial score (nSPS) is 10.8. The van der Waals surface area contributed by atoms with Crippen LogP contribution in [0.15, 0.2) is 46.0 Å². The van der Waals surface area contributed by atoms with Crippen LogP contribution in [0, 0.1) is 0 Å². The summed E-state index contributed by atoms with van der Waals surface area (Å²) < 4.78 is 5.92. The lowest BCUT2D eigenvalue weighted by molar-refractivity contribution is 0.317. The molecule has 0 saturated carbocycles. The molecule has 2 aromatic rings. The first-order valence-electron chi connectivity index (χ1n) is 6.30. The Morgan fingerprint density at radius 1 is 1.33 bits per heavy atom. The fourth-order valence-electron chi connectivity index (χ4n) is 1.64. The smallest absolute Gasteiger partial charge is 0.172 e. The number of hydrazone groups is 1. The van der Waals surface area contributed by atoms with Crippen molar-refractivity contribution in [2.45, 2.75) is 6.92 Å². The number of benzene rings is 2. The van der Waals surface area contributed by atoms with Crippen LogP contribution in [0.25, 0.3) is 0 Å². The molecule has 0 atom stereocenters. The molecule has 2 N–H and O–H groups in total. The van der Waals surface area contributed by atoms with Crippen LogP contribution >= 0.6 is 27.5 Å². The number of phenols is 1. The predicted octanol–water partition coefficient (Wildman–Crippen LogP) is 4.65. The van der Waals surface area contributed by atoms with Crippen molar-refractivity contribution in [2.75, 3.05) is 12.0 Å². The first-order valence-corrected chi connectivity index (χ1v) is 7.47. The van der Waals surface area contributed by atoms with Gasteiger partial charge < -0.3 is 9.84 Å². The zero-order chi connectivity index (χ0) is 15.2. The van der Waals surface area contributed by atoms with Gasteiger partial charge in [0.2, 0.25) is 0 Å². The van der Waals surface area contributed by atoms with Crippen LogP contribution in [-0.2, 0) is 0 Å². The second-order valence-electron chi connectivity index (χ2n) is 4.16. The van der Waals surface area contributed by atoms with Crippen LogP contribution in [-0.4, -0.2) is 17.9 Å². The average Bonchev–Trinajstić information content (AvgIpc) is 2.46. The van der Waals surface area contributed by atoms with Gasteiger partial charge in [0.1, 0.15) is 0 Å². The molecule has 2 aromatic carbocycles. The number of phenolic OH excluding ortho intramolecular Hbond substituents is 1. The standard InChI is InChI=1S/C15H14BrClN2O2/c1-2-21-14-8-10(7-13(16)15(14)20)9-18-19-12-5-3-11(17)4-6-12/h3-9,19-20H,2H2,1H3/b18-9+. The van der Waals surface area contributed by atoms with Gasteiger partial charge in [-0.2, -0.15) is 5.10 Å².